The summed E-state index contributed by atoms with van der Waals surface area (Å²) in [5.74, 6) is -0.413. The summed E-state index contributed by atoms with van der Waals surface area (Å²) in [5.41, 5.74) is 2.36. The standard InChI is InChI=1S/C20H19ClN2O3/c21-14-5-2-6-15(10-14)22-19(24)17-8-1-4-13-11-23(20(25)18(13)17)12-16-7-3-9-26-16/h1-2,4-6,8,10,16H,3,7,9,11-12H2,(H,22,24). The first-order valence-corrected chi connectivity index (χ1v) is 9.09. The molecular formula is C20H19ClN2O3. The van der Waals surface area contributed by atoms with Crippen molar-refractivity contribution in [2.45, 2.75) is 25.5 Å². The minimum absolute atomic E-state index is 0.0944. The van der Waals surface area contributed by atoms with Crippen LogP contribution in [0.3, 0.4) is 0 Å². The van der Waals surface area contributed by atoms with Crippen LogP contribution < -0.4 is 5.32 Å². The Morgan fingerprint density at radius 3 is 2.88 bits per heavy atom. The van der Waals surface area contributed by atoms with Crippen LogP contribution in [0.4, 0.5) is 5.69 Å². The number of anilines is 1. The van der Waals surface area contributed by atoms with Gasteiger partial charge in [-0.3, -0.25) is 9.59 Å². The molecule has 0 saturated carbocycles. The first kappa shape index (κ1) is 17.1. The predicted molar refractivity (Wildman–Crippen MR) is 99.6 cm³/mol. The van der Waals surface area contributed by atoms with Gasteiger partial charge >= 0.3 is 0 Å². The highest BCUT2D eigenvalue weighted by atomic mass is 35.5. The fourth-order valence-corrected chi connectivity index (χ4v) is 3.75. The van der Waals surface area contributed by atoms with Gasteiger partial charge in [-0.1, -0.05) is 29.8 Å². The Morgan fingerprint density at radius 2 is 2.12 bits per heavy atom. The third kappa shape index (κ3) is 3.32. The lowest BCUT2D eigenvalue weighted by atomic mass is 10.0. The largest absolute Gasteiger partial charge is 0.376 e. The lowest BCUT2D eigenvalue weighted by molar-refractivity contribution is 0.0544. The number of benzene rings is 2. The van der Waals surface area contributed by atoms with Crippen molar-refractivity contribution in [3.05, 3.63) is 64.2 Å². The number of hydrogen-bond acceptors (Lipinski definition) is 3. The Morgan fingerprint density at radius 1 is 1.27 bits per heavy atom. The molecule has 2 aromatic rings. The molecule has 26 heavy (non-hydrogen) atoms. The Kier molecular flexibility index (Phi) is 4.66. The minimum Gasteiger partial charge on any atom is -0.376 e. The third-order valence-corrected chi connectivity index (χ3v) is 5.02. The number of nitrogens with one attached hydrogen (secondary N) is 1. The molecule has 4 rings (SSSR count). The van der Waals surface area contributed by atoms with Crippen molar-refractivity contribution in [2.24, 2.45) is 0 Å². The van der Waals surface area contributed by atoms with Gasteiger partial charge in [0.15, 0.2) is 0 Å². The fourth-order valence-electron chi connectivity index (χ4n) is 3.56. The van der Waals surface area contributed by atoms with E-state index in [9.17, 15) is 9.59 Å². The van der Waals surface area contributed by atoms with Crippen molar-refractivity contribution in [2.75, 3.05) is 18.5 Å². The number of carbonyl (C=O) groups excluding carboxylic acids is 2. The summed E-state index contributed by atoms with van der Waals surface area (Å²) >= 11 is 5.97. The van der Waals surface area contributed by atoms with Crippen molar-refractivity contribution in [3.63, 3.8) is 0 Å². The Balaban J connectivity index is 1.55. The highest BCUT2D eigenvalue weighted by molar-refractivity contribution is 6.31. The second-order valence-corrected chi connectivity index (χ2v) is 7.06. The van der Waals surface area contributed by atoms with Crippen LogP contribution in [0, 0.1) is 0 Å². The van der Waals surface area contributed by atoms with E-state index in [1.165, 1.54) is 0 Å². The summed E-state index contributed by atoms with van der Waals surface area (Å²) in [7, 11) is 0. The van der Waals surface area contributed by atoms with Crippen LogP contribution in [-0.4, -0.2) is 36.0 Å². The highest BCUT2D eigenvalue weighted by Crippen LogP contribution is 2.28. The summed E-state index contributed by atoms with van der Waals surface area (Å²) in [6, 6.07) is 12.3. The molecule has 2 aliphatic heterocycles. The number of carbonyl (C=O) groups is 2. The zero-order valence-corrected chi connectivity index (χ0v) is 15.0. The van der Waals surface area contributed by atoms with Gasteiger partial charge in [0.2, 0.25) is 0 Å². The molecule has 0 radical (unpaired) electrons. The maximum atomic E-state index is 12.9. The number of nitrogens with zero attached hydrogens (tertiary/aromatic N) is 1. The van der Waals surface area contributed by atoms with Gasteiger partial charge in [0.25, 0.3) is 11.8 Å². The van der Waals surface area contributed by atoms with Crippen molar-refractivity contribution < 1.29 is 14.3 Å². The van der Waals surface area contributed by atoms with E-state index in [0.29, 0.717) is 34.9 Å². The maximum absolute atomic E-state index is 12.9. The van der Waals surface area contributed by atoms with Crippen LogP contribution in [0.25, 0.3) is 0 Å². The smallest absolute Gasteiger partial charge is 0.256 e. The quantitative estimate of drug-likeness (QED) is 0.892. The number of rotatable bonds is 4. The summed E-state index contributed by atoms with van der Waals surface area (Å²) in [6.45, 7) is 1.85. The van der Waals surface area contributed by atoms with E-state index in [1.54, 1.807) is 35.2 Å². The van der Waals surface area contributed by atoms with Crippen LogP contribution in [0.5, 0.6) is 0 Å². The number of hydrogen-bond donors (Lipinski definition) is 1. The number of halogens is 1. The molecule has 2 amide bonds. The SMILES string of the molecule is O=C(Nc1cccc(Cl)c1)c1cccc2c1C(=O)N(CC1CCCO1)C2. The zero-order valence-electron chi connectivity index (χ0n) is 14.2. The molecule has 0 bridgehead atoms. The van der Waals surface area contributed by atoms with Crippen LogP contribution >= 0.6 is 11.6 Å². The Hall–Kier alpha value is -2.37. The fraction of sp³-hybridized carbons (Fsp3) is 0.300. The van der Waals surface area contributed by atoms with Crippen molar-refractivity contribution in [1.82, 2.24) is 4.90 Å². The zero-order chi connectivity index (χ0) is 18.1. The molecule has 1 unspecified atom stereocenters. The van der Waals surface area contributed by atoms with E-state index in [4.69, 9.17) is 16.3 Å². The Labute approximate surface area is 156 Å². The molecule has 1 N–H and O–H groups in total. The van der Waals surface area contributed by atoms with Crippen molar-refractivity contribution >= 4 is 29.1 Å². The lowest BCUT2D eigenvalue weighted by Gasteiger charge is -2.19. The van der Waals surface area contributed by atoms with Gasteiger partial charge in [0.1, 0.15) is 0 Å². The predicted octanol–water partition coefficient (Wildman–Crippen LogP) is 3.73. The highest BCUT2D eigenvalue weighted by Gasteiger charge is 2.33. The molecular weight excluding hydrogens is 352 g/mol. The number of fused-ring (bicyclic) bond motifs is 1. The molecule has 0 aliphatic carbocycles. The van der Waals surface area contributed by atoms with Crippen LogP contribution in [0.1, 0.15) is 39.1 Å². The van der Waals surface area contributed by atoms with E-state index >= 15 is 0 Å². The molecule has 0 aromatic heterocycles. The van der Waals surface area contributed by atoms with Gasteiger partial charge in [-0.05, 0) is 42.7 Å². The molecule has 1 saturated heterocycles. The molecule has 2 heterocycles. The topological polar surface area (TPSA) is 58.6 Å². The van der Waals surface area contributed by atoms with Gasteiger partial charge in [-0.15, -0.1) is 0 Å². The van der Waals surface area contributed by atoms with Crippen molar-refractivity contribution in [3.8, 4) is 0 Å². The average molecular weight is 371 g/mol. The molecule has 0 spiro atoms. The summed E-state index contributed by atoms with van der Waals surface area (Å²) in [4.78, 5) is 27.4. The molecule has 2 aromatic carbocycles. The normalized spacial score (nSPS) is 18.9. The average Bonchev–Trinajstić information content (AvgIpc) is 3.24. The second kappa shape index (κ2) is 7.09. The molecule has 6 heteroatoms. The lowest BCUT2D eigenvalue weighted by Crippen LogP contribution is -2.32. The van der Waals surface area contributed by atoms with E-state index in [0.717, 1.165) is 25.0 Å². The Bertz CT molecular complexity index is 862. The summed E-state index contributed by atoms with van der Waals surface area (Å²) in [5, 5.41) is 3.36. The minimum atomic E-state index is -0.309. The summed E-state index contributed by atoms with van der Waals surface area (Å²) in [6.07, 6.45) is 2.10. The van der Waals surface area contributed by atoms with Crippen LogP contribution in [-0.2, 0) is 11.3 Å². The monoisotopic (exact) mass is 370 g/mol. The van der Waals surface area contributed by atoms with Crippen LogP contribution in [0.2, 0.25) is 5.02 Å². The molecule has 1 atom stereocenters. The van der Waals surface area contributed by atoms with Crippen LogP contribution in [0.15, 0.2) is 42.5 Å². The van der Waals surface area contributed by atoms with Crippen molar-refractivity contribution in [1.29, 1.82) is 0 Å². The number of amides is 2. The van der Waals surface area contributed by atoms with Gasteiger partial charge in [0.05, 0.1) is 17.2 Å². The van der Waals surface area contributed by atoms with Gasteiger partial charge in [0, 0.05) is 30.4 Å². The maximum Gasteiger partial charge on any atom is 0.256 e. The molecule has 2 aliphatic rings. The van der Waals surface area contributed by atoms with E-state index in [-0.39, 0.29) is 17.9 Å². The second-order valence-electron chi connectivity index (χ2n) is 6.62. The first-order valence-electron chi connectivity index (χ1n) is 8.71. The first-order chi connectivity index (χ1) is 12.6. The van der Waals surface area contributed by atoms with Gasteiger partial charge in [-0.25, -0.2) is 0 Å². The van der Waals surface area contributed by atoms with Gasteiger partial charge < -0.3 is 15.0 Å². The van der Waals surface area contributed by atoms with E-state index < -0.39 is 0 Å². The van der Waals surface area contributed by atoms with E-state index in [2.05, 4.69) is 5.32 Å². The number of ether oxygens (including phenoxy) is 1. The molecule has 5 nitrogen and oxygen atoms in total. The molecule has 134 valence electrons. The third-order valence-electron chi connectivity index (χ3n) is 4.79. The summed E-state index contributed by atoms with van der Waals surface area (Å²) < 4.78 is 5.64. The van der Waals surface area contributed by atoms with Gasteiger partial charge in [-0.2, -0.15) is 0 Å². The molecule has 1 fully saturated rings. The van der Waals surface area contributed by atoms with E-state index in [1.807, 2.05) is 12.1 Å².